The van der Waals surface area contributed by atoms with E-state index in [1.54, 1.807) is 0 Å². The minimum Gasteiger partial charge on any atom is -0.317 e. The molecule has 1 nitrogen and oxygen atoms in total. The molecule has 19 heavy (non-hydrogen) atoms. The SMILES string of the molecule is CCC/C=C/CCCCNCCCC/C=C/CCC. The third kappa shape index (κ3) is 17.4. The molecule has 0 fully saturated rings. The van der Waals surface area contributed by atoms with Crippen molar-refractivity contribution in [3.8, 4) is 0 Å². The summed E-state index contributed by atoms with van der Waals surface area (Å²) in [5, 5.41) is 3.54. The van der Waals surface area contributed by atoms with Crippen LogP contribution in [0, 0.1) is 0 Å². The number of unbranched alkanes of at least 4 members (excludes halogenated alkanes) is 6. The lowest BCUT2D eigenvalue weighted by atomic mass is 10.2. The maximum absolute atomic E-state index is 3.54. The molecule has 0 aliphatic rings. The molecule has 1 heteroatoms. The molecule has 0 atom stereocenters. The maximum atomic E-state index is 3.54. The van der Waals surface area contributed by atoms with Gasteiger partial charge in [-0.15, -0.1) is 0 Å². The van der Waals surface area contributed by atoms with Crippen molar-refractivity contribution >= 4 is 0 Å². The normalized spacial score (nSPS) is 11.9. The molecular weight excluding hydrogens is 230 g/mol. The van der Waals surface area contributed by atoms with Crippen LogP contribution < -0.4 is 5.32 Å². The molecule has 0 heterocycles. The van der Waals surface area contributed by atoms with Gasteiger partial charge in [-0.3, -0.25) is 0 Å². The first-order valence-corrected chi connectivity index (χ1v) is 8.42. The Morgan fingerprint density at radius 3 is 1.42 bits per heavy atom. The summed E-state index contributed by atoms with van der Waals surface area (Å²) in [5.74, 6) is 0. The van der Waals surface area contributed by atoms with Crippen LogP contribution in [0.2, 0.25) is 0 Å². The Morgan fingerprint density at radius 1 is 0.579 bits per heavy atom. The summed E-state index contributed by atoms with van der Waals surface area (Å²) in [4.78, 5) is 0. The fourth-order valence-electron chi connectivity index (χ4n) is 1.95. The van der Waals surface area contributed by atoms with Gasteiger partial charge in [0, 0.05) is 0 Å². The minimum absolute atomic E-state index is 1.19. The molecule has 0 radical (unpaired) electrons. The predicted octanol–water partition coefficient (Wildman–Crippen LogP) is 5.63. The second-order valence-electron chi connectivity index (χ2n) is 5.26. The van der Waals surface area contributed by atoms with Crippen molar-refractivity contribution in [1.29, 1.82) is 0 Å². The van der Waals surface area contributed by atoms with Crippen LogP contribution in [0.1, 0.15) is 78.1 Å². The van der Waals surface area contributed by atoms with Crippen molar-refractivity contribution in [3.05, 3.63) is 24.3 Å². The number of hydrogen-bond acceptors (Lipinski definition) is 1. The summed E-state index contributed by atoms with van der Waals surface area (Å²) < 4.78 is 0. The zero-order chi connectivity index (χ0) is 14.0. The lowest BCUT2D eigenvalue weighted by Gasteiger charge is -2.03. The highest BCUT2D eigenvalue weighted by atomic mass is 14.8. The Labute approximate surface area is 121 Å². The highest BCUT2D eigenvalue weighted by Crippen LogP contribution is 1.99. The zero-order valence-electron chi connectivity index (χ0n) is 13.3. The van der Waals surface area contributed by atoms with Gasteiger partial charge in [0.05, 0.1) is 0 Å². The number of nitrogens with one attached hydrogen (secondary N) is 1. The van der Waals surface area contributed by atoms with Crippen LogP contribution in [0.5, 0.6) is 0 Å². The van der Waals surface area contributed by atoms with Crippen LogP contribution in [-0.2, 0) is 0 Å². The fraction of sp³-hybridized carbons (Fsp3) is 0.778. The average Bonchev–Trinajstić information content (AvgIpc) is 2.43. The van der Waals surface area contributed by atoms with E-state index in [0.29, 0.717) is 0 Å². The van der Waals surface area contributed by atoms with Crippen molar-refractivity contribution in [2.45, 2.75) is 78.1 Å². The molecule has 0 saturated heterocycles. The Balaban J connectivity index is 3.02. The van der Waals surface area contributed by atoms with E-state index in [1.165, 1.54) is 77.3 Å². The maximum Gasteiger partial charge on any atom is -0.00488 e. The molecule has 0 bridgehead atoms. The van der Waals surface area contributed by atoms with E-state index in [-0.39, 0.29) is 0 Å². The minimum atomic E-state index is 1.19. The molecule has 0 aliphatic heterocycles. The van der Waals surface area contributed by atoms with Crippen molar-refractivity contribution < 1.29 is 0 Å². The monoisotopic (exact) mass is 265 g/mol. The molecule has 0 saturated carbocycles. The largest absolute Gasteiger partial charge is 0.317 e. The number of rotatable bonds is 14. The first kappa shape index (κ1) is 18.4. The van der Waals surface area contributed by atoms with E-state index >= 15 is 0 Å². The van der Waals surface area contributed by atoms with Gasteiger partial charge in [-0.25, -0.2) is 0 Å². The van der Waals surface area contributed by atoms with Gasteiger partial charge in [0.25, 0.3) is 0 Å². The van der Waals surface area contributed by atoms with Crippen LogP contribution in [0.25, 0.3) is 0 Å². The van der Waals surface area contributed by atoms with E-state index in [2.05, 4.69) is 43.5 Å². The average molecular weight is 265 g/mol. The third-order valence-corrected chi connectivity index (χ3v) is 3.19. The van der Waals surface area contributed by atoms with Gasteiger partial charge in [0.15, 0.2) is 0 Å². The lowest BCUT2D eigenvalue weighted by Crippen LogP contribution is -2.16. The molecule has 0 aromatic heterocycles. The molecule has 0 rings (SSSR count). The van der Waals surface area contributed by atoms with Crippen LogP contribution >= 0.6 is 0 Å². The van der Waals surface area contributed by atoms with Gasteiger partial charge in [0.1, 0.15) is 0 Å². The molecule has 112 valence electrons. The Morgan fingerprint density at radius 2 is 1.00 bits per heavy atom. The molecule has 1 N–H and O–H groups in total. The smallest absolute Gasteiger partial charge is 0.00488 e. The van der Waals surface area contributed by atoms with Crippen molar-refractivity contribution in [2.75, 3.05) is 13.1 Å². The second kappa shape index (κ2) is 17.4. The van der Waals surface area contributed by atoms with Crippen LogP contribution in [0.15, 0.2) is 24.3 Å². The van der Waals surface area contributed by atoms with Gasteiger partial charge < -0.3 is 5.32 Å². The van der Waals surface area contributed by atoms with Gasteiger partial charge in [0.2, 0.25) is 0 Å². The summed E-state index contributed by atoms with van der Waals surface area (Å²) in [5.41, 5.74) is 0. The van der Waals surface area contributed by atoms with Gasteiger partial charge in [-0.2, -0.15) is 0 Å². The van der Waals surface area contributed by atoms with E-state index in [4.69, 9.17) is 0 Å². The zero-order valence-corrected chi connectivity index (χ0v) is 13.3. The first-order chi connectivity index (χ1) is 9.41. The first-order valence-electron chi connectivity index (χ1n) is 8.42. The van der Waals surface area contributed by atoms with Gasteiger partial charge >= 0.3 is 0 Å². The summed E-state index contributed by atoms with van der Waals surface area (Å²) in [6.07, 6.45) is 22.1. The van der Waals surface area contributed by atoms with Crippen molar-refractivity contribution in [3.63, 3.8) is 0 Å². The Kier molecular flexibility index (Phi) is 16.9. The molecule has 0 aromatic rings. The van der Waals surface area contributed by atoms with Crippen LogP contribution in [0.4, 0.5) is 0 Å². The molecular formula is C18H35N. The quantitative estimate of drug-likeness (QED) is 0.317. The lowest BCUT2D eigenvalue weighted by molar-refractivity contribution is 0.593. The number of allylic oxidation sites excluding steroid dienone is 4. The van der Waals surface area contributed by atoms with E-state index in [1.807, 2.05) is 0 Å². The topological polar surface area (TPSA) is 12.0 Å². The Hall–Kier alpha value is -0.560. The molecule has 0 aliphatic carbocycles. The second-order valence-corrected chi connectivity index (χ2v) is 5.26. The highest BCUT2D eigenvalue weighted by Gasteiger charge is 1.89. The highest BCUT2D eigenvalue weighted by molar-refractivity contribution is 4.81. The standard InChI is InChI=1S/C18H35N/c1-3-5-7-9-11-13-15-17-19-18-16-14-12-10-8-6-4-2/h7-10,19H,3-6,11-18H2,1-2H3/b9-7+,10-8+. The van der Waals surface area contributed by atoms with Crippen LogP contribution in [0.3, 0.4) is 0 Å². The van der Waals surface area contributed by atoms with E-state index in [0.717, 1.165) is 0 Å². The molecule has 0 unspecified atom stereocenters. The van der Waals surface area contributed by atoms with Crippen molar-refractivity contribution in [1.82, 2.24) is 5.32 Å². The summed E-state index contributed by atoms with van der Waals surface area (Å²) in [7, 11) is 0. The van der Waals surface area contributed by atoms with Crippen LogP contribution in [-0.4, -0.2) is 13.1 Å². The fourth-order valence-corrected chi connectivity index (χ4v) is 1.95. The summed E-state index contributed by atoms with van der Waals surface area (Å²) >= 11 is 0. The summed E-state index contributed by atoms with van der Waals surface area (Å²) in [6, 6.07) is 0. The van der Waals surface area contributed by atoms with Gasteiger partial charge in [-0.05, 0) is 64.5 Å². The van der Waals surface area contributed by atoms with Crippen molar-refractivity contribution in [2.24, 2.45) is 0 Å². The Bertz CT molecular complexity index is 184. The third-order valence-electron chi connectivity index (χ3n) is 3.19. The number of hydrogen-bond donors (Lipinski definition) is 1. The molecule has 0 aromatic carbocycles. The van der Waals surface area contributed by atoms with E-state index in [9.17, 15) is 0 Å². The van der Waals surface area contributed by atoms with Gasteiger partial charge in [-0.1, -0.05) is 51.0 Å². The molecule has 0 spiro atoms. The van der Waals surface area contributed by atoms with E-state index < -0.39 is 0 Å². The summed E-state index contributed by atoms with van der Waals surface area (Å²) in [6.45, 7) is 6.84. The molecule has 0 amide bonds. The predicted molar refractivity (Wildman–Crippen MR) is 88.7 cm³/mol.